The Morgan fingerprint density at radius 2 is 1.83 bits per heavy atom. The fourth-order valence-corrected chi connectivity index (χ4v) is 3.80. The molecule has 0 aromatic heterocycles. The summed E-state index contributed by atoms with van der Waals surface area (Å²) in [5, 5.41) is 12.3. The molecule has 2 aliphatic heterocycles. The zero-order valence-corrected chi connectivity index (χ0v) is 16.6. The monoisotopic (exact) mass is 411 g/mol. The van der Waals surface area contributed by atoms with Gasteiger partial charge in [-0.05, 0) is 55.3 Å². The number of halogens is 1. The number of rotatable bonds is 4. The maximum Gasteiger partial charge on any atom is 0.263 e. The lowest BCUT2D eigenvalue weighted by atomic mass is 10.1. The van der Waals surface area contributed by atoms with Crippen LogP contribution in [0.5, 0.6) is 0 Å². The second kappa shape index (κ2) is 7.29. The number of hydrogen-bond acceptors (Lipinski definition) is 6. The molecule has 2 heterocycles. The first-order valence-electron chi connectivity index (χ1n) is 9.02. The van der Waals surface area contributed by atoms with Crippen LogP contribution < -0.4 is 10.2 Å². The van der Waals surface area contributed by atoms with Gasteiger partial charge in [-0.25, -0.2) is 4.90 Å². The Kier molecular flexibility index (Phi) is 4.79. The maximum atomic E-state index is 12.9. The van der Waals surface area contributed by atoms with Crippen LogP contribution in [0.1, 0.15) is 11.1 Å². The number of carbonyl (C=O) groups is 3. The SMILES string of the molecule is Cc1cc(C)cc(NC(=O)CN2N=N[C@@H]3C(=O)N(c4cccc(Cl)c4)C(=O)[C@@H]32)c1. The summed E-state index contributed by atoms with van der Waals surface area (Å²) in [6.07, 6.45) is 0. The number of nitrogens with one attached hydrogen (secondary N) is 1. The van der Waals surface area contributed by atoms with E-state index in [0.717, 1.165) is 16.0 Å². The molecule has 2 aromatic carbocycles. The third kappa shape index (κ3) is 3.58. The van der Waals surface area contributed by atoms with E-state index in [1.807, 2.05) is 32.0 Å². The Morgan fingerprint density at radius 3 is 2.52 bits per heavy atom. The molecule has 2 aliphatic rings. The lowest BCUT2D eigenvalue weighted by Crippen LogP contribution is -2.43. The number of nitrogens with zero attached hydrogens (tertiary/aromatic N) is 4. The molecule has 4 rings (SSSR count). The van der Waals surface area contributed by atoms with Crippen molar-refractivity contribution in [2.75, 3.05) is 16.8 Å². The Bertz CT molecular complexity index is 1030. The minimum absolute atomic E-state index is 0.194. The molecule has 0 bridgehead atoms. The average molecular weight is 412 g/mol. The average Bonchev–Trinajstić information content (AvgIpc) is 3.14. The molecule has 0 saturated carbocycles. The number of benzene rings is 2. The number of imide groups is 1. The van der Waals surface area contributed by atoms with Crippen LogP contribution in [0.15, 0.2) is 52.8 Å². The lowest BCUT2D eigenvalue weighted by molar-refractivity contribution is -0.123. The van der Waals surface area contributed by atoms with Gasteiger partial charge >= 0.3 is 0 Å². The second-order valence-corrected chi connectivity index (χ2v) is 7.54. The summed E-state index contributed by atoms with van der Waals surface area (Å²) < 4.78 is 0. The van der Waals surface area contributed by atoms with Gasteiger partial charge in [0.2, 0.25) is 5.91 Å². The van der Waals surface area contributed by atoms with E-state index in [1.54, 1.807) is 18.2 Å². The lowest BCUT2D eigenvalue weighted by Gasteiger charge is -2.20. The smallest absolute Gasteiger partial charge is 0.263 e. The molecule has 2 aromatic rings. The minimum atomic E-state index is -0.963. The third-order valence-electron chi connectivity index (χ3n) is 4.74. The van der Waals surface area contributed by atoms with E-state index in [-0.39, 0.29) is 12.5 Å². The van der Waals surface area contributed by atoms with Gasteiger partial charge in [-0.15, -0.1) is 0 Å². The first-order chi connectivity index (χ1) is 13.8. The normalized spacial score (nSPS) is 20.4. The molecule has 1 N–H and O–H groups in total. The van der Waals surface area contributed by atoms with Crippen molar-refractivity contribution in [3.8, 4) is 0 Å². The molecule has 1 fully saturated rings. The number of aryl methyl sites for hydroxylation is 2. The van der Waals surface area contributed by atoms with Gasteiger partial charge in [0, 0.05) is 10.7 Å². The molecule has 0 radical (unpaired) electrons. The highest BCUT2D eigenvalue weighted by atomic mass is 35.5. The predicted octanol–water partition coefficient (Wildman–Crippen LogP) is 2.89. The molecular formula is C20H18ClN5O3. The van der Waals surface area contributed by atoms with E-state index in [9.17, 15) is 14.4 Å². The molecule has 9 heteroatoms. The summed E-state index contributed by atoms with van der Waals surface area (Å²) >= 11 is 5.98. The number of fused-ring (bicyclic) bond motifs is 1. The predicted molar refractivity (Wildman–Crippen MR) is 108 cm³/mol. The Labute approximate surface area is 172 Å². The number of anilines is 2. The fraction of sp³-hybridized carbons (Fsp3) is 0.250. The molecule has 0 spiro atoms. The number of amides is 3. The van der Waals surface area contributed by atoms with E-state index in [0.29, 0.717) is 16.4 Å². The van der Waals surface area contributed by atoms with E-state index >= 15 is 0 Å². The van der Waals surface area contributed by atoms with E-state index in [4.69, 9.17) is 11.6 Å². The summed E-state index contributed by atoms with van der Waals surface area (Å²) in [6, 6.07) is 10.3. The van der Waals surface area contributed by atoms with Crippen LogP contribution in [0, 0.1) is 13.8 Å². The van der Waals surface area contributed by atoms with Crippen LogP contribution in [0.25, 0.3) is 0 Å². The number of carbonyl (C=O) groups excluding carboxylic acids is 3. The topological polar surface area (TPSA) is 94.4 Å². The van der Waals surface area contributed by atoms with Crippen molar-refractivity contribution in [2.45, 2.75) is 25.9 Å². The summed E-state index contributed by atoms with van der Waals surface area (Å²) in [4.78, 5) is 39.1. The van der Waals surface area contributed by atoms with Gasteiger partial charge in [-0.2, -0.15) is 5.11 Å². The quantitative estimate of drug-likeness (QED) is 0.782. The molecule has 148 valence electrons. The Morgan fingerprint density at radius 1 is 1.10 bits per heavy atom. The molecule has 0 unspecified atom stereocenters. The van der Waals surface area contributed by atoms with Crippen molar-refractivity contribution in [1.29, 1.82) is 0 Å². The van der Waals surface area contributed by atoms with Gasteiger partial charge in [0.25, 0.3) is 11.8 Å². The molecule has 8 nitrogen and oxygen atoms in total. The maximum absolute atomic E-state index is 12.9. The second-order valence-electron chi connectivity index (χ2n) is 7.11. The molecule has 29 heavy (non-hydrogen) atoms. The molecule has 0 aliphatic carbocycles. The van der Waals surface area contributed by atoms with Crippen molar-refractivity contribution in [2.24, 2.45) is 10.3 Å². The van der Waals surface area contributed by atoms with Crippen LogP contribution in [-0.4, -0.2) is 41.4 Å². The summed E-state index contributed by atoms with van der Waals surface area (Å²) in [7, 11) is 0. The van der Waals surface area contributed by atoms with E-state index < -0.39 is 23.9 Å². The van der Waals surface area contributed by atoms with Gasteiger partial charge in [-0.1, -0.05) is 29.0 Å². The van der Waals surface area contributed by atoms with Crippen LogP contribution in [0.2, 0.25) is 5.02 Å². The largest absolute Gasteiger partial charge is 0.324 e. The van der Waals surface area contributed by atoms with Crippen LogP contribution >= 0.6 is 11.6 Å². The summed E-state index contributed by atoms with van der Waals surface area (Å²) in [6.45, 7) is 3.68. The van der Waals surface area contributed by atoms with Crippen molar-refractivity contribution in [3.63, 3.8) is 0 Å². The van der Waals surface area contributed by atoms with Crippen LogP contribution in [0.3, 0.4) is 0 Å². The standard InChI is InChI=1S/C20H18ClN5O3/c1-11-6-12(2)8-14(7-11)22-16(27)10-25-18-17(23-24-25)19(28)26(20(18)29)15-5-3-4-13(21)9-15/h3-9,17-18H,10H2,1-2H3,(H,22,27)/t17-,18+/m0/s1. The van der Waals surface area contributed by atoms with Crippen molar-refractivity contribution >= 4 is 40.7 Å². The Balaban J connectivity index is 1.49. The highest BCUT2D eigenvalue weighted by molar-refractivity contribution is 6.31. The molecule has 3 amide bonds. The summed E-state index contributed by atoms with van der Waals surface area (Å²) in [5.74, 6) is -1.31. The fourth-order valence-electron chi connectivity index (χ4n) is 3.62. The highest BCUT2D eigenvalue weighted by Gasteiger charge is 2.55. The van der Waals surface area contributed by atoms with Gasteiger partial charge in [0.1, 0.15) is 6.54 Å². The zero-order valence-electron chi connectivity index (χ0n) is 15.8. The third-order valence-corrected chi connectivity index (χ3v) is 4.97. The van der Waals surface area contributed by atoms with Gasteiger partial charge in [0.05, 0.1) is 5.69 Å². The van der Waals surface area contributed by atoms with Crippen molar-refractivity contribution in [1.82, 2.24) is 5.01 Å². The summed E-state index contributed by atoms with van der Waals surface area (Å²) in [5.41, 5.74) is 3.08. The Hall–Kier alpha value is -3.26. The van der Waals surface area contributed by atoms with E-state index in [1.165, 1.54) is 11.1 Å². The van der Waals surface area contributed by atoms with Gasteiger partial charge in [0.15, 0.2) is 12.1 Å². The van der Waals surface area contributed by atoms with E-state index in [2.05, 4.69) is 15.7 Å². The molecule has 1 saturated heterocycles. The minimum Gasteiger partial charge on any atom is -0.324 e. The molecular weight excluding hydrogens is 394 g/mol. The highest BCUT2D eigenvalue weighted by Crippen LogP contribution is 2.32. The first-order valence-corrected chi connectivity index (χ1v) is 9.40. The number of hydrogen-bond donors (Lipinski definition) is 1. The van der Waals surface area contributed by atoms with Crippen LogP contribution in [0.4, 0.5) is 11.4 Å². The first kappa shape index (κ1) is 19.1. The zero-order chi connectivity index (χ0) is 20.7. The van der Waals surface area contributed by atoms with Gasteiger partial charge in [-0.3, -0.25) is 19.4 Å². The van der Waals surface area contributed by atoms with Crippen LogP contribution in [-0.2, 0) is 14.4 Å². The van der Waals surface area contributed by atoms with Crippen molar-refractivity contribution < 1.29 is 14.4 Å². The molecule has 2 atom stereocenters. The van der Waals surface area contributed by atoms with Gasteiger partial charge < -0.3 is 5.32 Å². The van der Waals surface area contributed by atoms with Crippen molar-refractivity contribution in [3.05, 3.63) is 58.6 Å².